The van der Waals surface area contributed by atoms with Gasteiger partial charge in [0.15, 0.2) is 0 Å². The van der Waals surface area contributed by atoms with Crippen LogP contribution in [0.3, 0.4) is 0 Å². The Morgan fingerprint density at radius 2 is 1.85 bits per heavy atom. The lowest BCUT2D eigenvalue weighted by Gasteiger charge is -2.44. The smallest absolute Gasteiger partial charge is 0.240 e. The first-order valence-corrected chi connectivity index (χ1v) is 7.11. The summed E-state index contributed by atoms with van der Waals surface area (Å²) >= 11 is 0. The van der Waals surface area contributed by atoms with Crippen LogP contribution in [0, 0.1) is 5.41 Å². The molecule has 0 aromatic carbocycles. The Morgan fingerprint density at radius 1 is 1.25 bits per heavy atom. The number of carbonyl (C=O) groups excluding carboxylic acids is 1. The molecule has 2 unspecified atom stereocenters. The molecule has 2 saturated heterocycles. The second kappa shape index (κ2) is 7.30. The largest absolute Gasteiger partial charge is 0.336 e. The van der Waals surface area contributed by atoms with Crippen LogP contribution in [0.1, 0.15) is 40.5 Å². The molecular weight excluding hydrogens is 297 g/mol. The molecule has 6 heteroatoms. The number of piperazine rings is 1. The van der Waals surface area contributed by atoms with E-state index in [0.717, 1.165) is 13.1 Å². The maximum atomic E-state index is 12.5. The molecule has 0 radical (unpaired) electrons. The van der Waals surface area contributed by atoms with Crippen LogP contribution in [-0.2, 0) is 4.79 Å². The van der Waals surface area contributed by atoms with Gasteiger partial charge in [-0.25, -0.2) is 0 Å². The quantitative estimate of drug-likeness (QED) is 0.801. The number of hydrogen-bond donors (Lipinski definition) is 1. The van der Waals surface area contributed by atoms with Crippen molar-refractivity contribution < 1.29 is 4.79 Å². The third kappa shape index (κ3) is 4.00. The van der Waals surface area contributed by atoms with Crippen LogP contribution in [0.2, 0.25) is 0 Å². The zero-order chi connectivity index (χ0) is 13.5. The predicted octanol–water partition coefficient (Wildman–Crippen LogP) is 1.90. The number of hydrogen-bond acceptors (Lipinski definition) is 3. The SMILES string of the molecule is CC1CN2CCCC2CN1C(=O)[C@@H](N)C(C)(C)C.Cl.Cl. The fraction of sp³-hybridized carbons (Fsp3) is 0.929. The molecular formula is C14H29Cl2N3O. The monoisotopic (exact) mass is 325 g/mol. The lowest BCUT2D eigenvalue weighted by Crippen LogP contribution is -2.61. The molecule has 120 valence electrons. The molecule has 4 nitrogen and oxygen atoms in total. The fourth-order valence-corrected chi connectivity index (χ4v) is 3.04. The summed E-state index contributed by atoms with van der Waals surface area (Å²) in [5.74, 6) is 0.126. The van der Waals surface area contributed by atoms with Gasteiger partial charge in [-0.1, -0.05) is 20.8 Å². The predicted molar refractivity (Wildman–Crippen MR) is 87.7 cm³/mol. The van der Waals surface area contributed by atoms with Crippen LogP contribution in [0.5, 0.6) is 0 Å². The molecule has 0 aromatic rings. The summed E-state index contributed by atoms with van der Waals surface area (Å²) in [6, 6.07) is 0.463. The third-order valence-electron chi connectivity index (χ3n) is 4.42. The van der Waals surface area contributed by atoms with Gasteiger partial charge in [0, 0.05) is 25.2 Å². The highest BCUT2D eigenvalue weighted by molar-refractivity contribution is 5.85. The molecule has 20 heavy (non-hydrogen) atoms. The lowest BCUT2D eigenvalue weighted by atomic mass is 9.86. The molecule has 2 fully saturated rings. The van der Waals surface area contributed by atoms with E-state index in [4.69, 9.17) is 5.73 Å². The number of nitrogens with two attached hydrogens (primary N) is 1. The Bertz CT molecular complexity index is 333. The second-order valence-corrected chi connectivity index (χ2v) is 6.97. The standard InChI is InChI=1S/C14H27N3O.2ClH/c1-10-8-16-7-5-6-11(16)9-17(10)13(18)12(15)14(2,3)4;;/h10-12H,5-9,15H2,1-4H3;2*1H/t10?,11?,12-;;/m1../s1. The van der Waals surface area contributed by atoms with E-state index in [0.29, 0.717) is 12.1 Å². The van der Waals surface area contributed by atoms with E-state index in [-0.39, 0.29) is 36.1 Å². The summed E-state index contributed by atoms with van der Waals surface area (Å²) in [5, 5.41) is 0. The van der Waals surface area contributed by atoms with E-state index in [1.807, 2.05) is 25.7 Å². The molecule has 1 amide bonds. The van der Waals surface area contributed by atoms with Crippen LogP contribution < -0.4 is 5.73 Å². The summed E-state index contributed by atoms with van der Waals surface area (Å²) in [6.07, 6.45) is 2.49. The summed E-state index contributed by atoms with van der Waals surface area (Å²) in [4.78, 5) is 17.1. The molecule has 2 rings (SSSR count). The Balaban J connectivity index is 0.00000180. The molecule has 2 aliphatic heterocycles. The van der Waals surface area contributed by atoms with Crippen LogP contribution in [0.4, 0.5) is 0 Å². The zero-order valence-corrected chi connectivity index (χ0v) is 14.6. The number of halogens is 2. The highest BCUT2D eigenvalue weighted by atomic mass is 35.5. The van der Waals surface area contributed by atoms with Crippen molar-refractivity contribution >= 4 is 30.7 Å². The Labute approximate surface area is 135 Å². The third-order valence-corrected chi connectivity index (χ3v) is 4.42. The average molecular weight is 326 g/mol. The molecule has 3 atom stereocenters. The van der Waals surface area contributed by atoms with E-state index in [1.54, 1.807) is 0 Å². The summed E-state index contributed by atoms with van der Waals surface area (Å²) in [7, 11) is 0. The van der Waals surface area contributed by atoms with Crippen molar-refractivity contribution in [2.24, 2.45) is 11.1 Å². The maximum absolute atomic E-state index is 12.5. The minimum atomic E-state index is -0.395. The van der Waals surface area contributed by atoms with Gasteiger partial charge >= 0.3 is 0 Å². The Kier molecular flexibility index (Phi) is 7.29. The van der Waals surface area contributed by atoms with Gasteiger partial charge < -0.3 is 10.6 Å². The molecule has 0 bridgehead atoms. The fourth-order valence-electron chi connectivity index (χ4n) is 3.04. The second-order valence-electron chi connectivity index (χ2n) is 6.97. The van der Waals surface area contributed by atoms with E-state index in [1.165, 1.54) is 19.4 Å². The van der Waals surface area contributed by atoms with Crippen molar-refractivity contribution in [3.05, 3.63) is 0 Å². The number of rotatable bonds is 1. The van der Waals surface area contributed by atoms with E-state index >= 15 is 0 Å². The van der Waals surface area contributed by atoms with Crippen molar-refractivity contribution in [3.63, 3.8) is 0 Å². The van der Waals surface area contributed by atoms with E-state index < -0.39 is 6.04 Å². The van der Waals surface area contributed by atoms with Gasteiger partial charge in [0.25, 0.3) is 0 Å². The van der Waals surface area contributed by atoms with Gasteiger partial charge in [0.2, 0.25) is 5.91 Å². The Morgan fingerprint density at radius 3 is 2.40 bits per heavy atom. The summed E-state index contributed by atoms with van der Waals surface area (Å²) in [6.45, 7) is 11.3. The molecule has 0 aromatic heterocycles. The number of nitrogens with zero attached hydrogens (tertiary/aromatic N) is 2. The lowest BCUT2D eigenvalue weighted by molar-refractivity contribution is -0.140. The van der Waals surface area contributed by atoms with Gasteiger partial charge in [0.05, 0.1) is 6.04 Å². The minimum Gasteiger partial charge on any atom is -0.336 e. The van der Waals surface area contributed by atoms with E-state index in [2.05, 4.69) is 11.8 Å². The van der Waals surface area contributed by atoms with Crippen LogP contribution in [-0.4, -0.2) is 53.5 Å². The van der Waals surface area contributed by atoms with Gasteiger partial charge in [-0.05, 0) is 31.7 Å². The highest BCUT2D eigenvalue weighted by Gasteiger charge is 2.40. The van der Waals surface area contributed by atoms with Crippen LogP contribution >= 0.6 is 24.8 Å². The first-order valence-electron chi connectivity index (χ1n) is 7.11. The molecule has 0 aliphatic carbocycles. The van der Waals surface area contributed by atoms with Crippen molar-refractivity contribution in [1.82, 2.24) is 9.80 Å². The number of carbonyl (C=O) groups is 1. The molecule has 2 N–H and O–H groups in total. The highest BCUT2D eigenvalue weighted by Crippen LogP contribution is 2.27. The first kappa shape index (κ1) is 20.0. The molecule has 0 saturated carbocycles. The molecule has 0 spiro atoms. The van der Waals surface area contributed by atoms with Crippen LogP contribution in [0.25, 0.3) is 0 Å². The van der Waals surface area contributed by atoms with Crippen molar-refractivity contribution in [3.8, 4) is 0 Å². The van der Waals surface area contributed by atoms with Gasteiger partial charge in [-0.2, -0.15) is 0 Å². The Hall–Kier alpha value is -0.0300. The molecule has 2 heterocycles. The molecule has 2 aliphatic rings. The number of amides is 1. The average Bonchev–Trinajstić information content (AvgIpc) is 2.71. The summed E-state index contributed by atoms with van der Waals surface area (Å²) < 4.78 is 0. The van der Waals surface area contributed by atoms with Gasteiger partial charge in [-0.15, -0.1) is 24.8 Å². The van der Waals surface area contributed by atoms with Crippen molar-refractivity contribution in [2.75, 3.05) is 19.6 Å². The van der Waals surface area contributed by atoms with Crippen molar-refractivity contribution in [1.29, 1.82) is 0 Å². The zero-order valence-electron chi connectivity index (χ0n) is 13.0. The topological polar surface area (TPSA) is 49.6 Å². The number of fused-ring (bicyclic) bond motifs is 1. The minimum absolute atomic E-state index is 0. The van der Waals surface area contributed by atoms with E-state index in [9.17, 15) is 4.79 Å². The summed E-state index contributed by atoms with van der Waals surface area (Å²) in [5.41, 5.74) is 5.96. The normalized spacial score (nSPS) is 28.1. The first-order chi connectivity index (χ1) is 8.30. The van der Waals surface area contributed by atoms with Gasteiger partial charge in [0.1, 0.15) is 0 Å². The van der Waals surface area contributed by atoms with Crippen molar-refractivity contribution in [2.45, 2.75) is 58.7 Å². The maximum Gasteiger partial charge on any atom is 0.240 e. The van der Waals surface area contributed by atoms with Crippen LogP contribution in [0.15, 0.2) is 0 Å². The van der Waals surface area contributed by atoms with Gasteiger partial charge in [-0.3, -0.25) is 9.69 Å².